The molecule has 2 aromatic heterocycles. The van der Waals surface area contributed by atoms with Gasteiger partial charge in [-0.2, -0.15) is 0 Å². The van der Waals surface area contributed by atoms with Gasteiger partial charge in [0.15, 0.2) is 17.0 Å². The van der Waals surface area contributed by atoms with Crippen LogP contribution >= 0.6 is 0 Å². The van der Waals surface area contributed by atoms with Crippen LogP contribution in [0.15, 0.2) is 12.7 Å². The average molecular weight is 560 g/mol. The maximum Gasteiger partial charge on any atom is 0.225 e. The lowest BCUT2D eigenvalue weighted by Crippen LogP contribution is -2.26. The van der Waals surface area contributed by atoms with Crippen LogP contribution in [-0.2, 0) is 14.3 Å². The van der Waals surface area contributed by atoms with E-state index in [1.807, 2.05) is 0 Å². The van der Waals surface area contributed by atoms with Crippen molar-refractivity contribution in [1.82, 2.24) is 19.5 Å². The summed E-state index contributed by atoms with van der Waals surface area (Å²) in [5.74, 6) is 0.364. The number of carbonyl (C=O) groups is 1. The molecular weight excluding hydrogens is 506 g/mol. The highest BCUT2D eigenvalue weighted by Gasteiger charge is 2.36. The molecule has 1 aliphatic rings. The summed E-state index contributed by atoms with van der Waals surface area (Å²) < 4.78 is 13.6. The van der Waals surface area contributed by atoms with Crippen LogP contribution in [0.3, 0.4) is 0 Å². The topological polar surface area (TPSA) is 111 Å². The zero-order valence-electron chi connectivity index (χ0n) is 25.0. The average Bonchev–Trinajstić information content (AvgIpc) is 3.55. The molecule has 0 bridgehead atoms. The van der Waals surface area contributed by atoms with Gasteiger partial charge in [0, 0.05) is 19.4 Å². The lowest BCUT2D eigenvalue weighted by atomic mass is 10.0. The molecule has 40 heavy (non-hydrogen) atoms. The third kappa shape index (κ3) is 11.1. The van der Waals surface area contributed by atoms with Crippen molar-refractivity contribution in [2.45, 2.75) is 148 Å². The van der Waals surface area contributed by atoms with Crippen LogP contribution in [0.5, 0.6) is 0 Å². The molecule has 3 heterocycles. The van der Waals surface area contributed by atoms with E-state index in [1.165, 1.54) is 77.0 Å². The van der Waals surface area contributed by atoms with E-state index >= 15 is 0 Å². The number of aromatic nitrogens is 4. The van der Waals surface area contributed by atoms with Crippen molar-refractivity contribution in [3.8, 4) is 0 Å². The van der Waals surface area contributed by atoms with Crippen molar-refractivity contribution in [3.05, 3.63) is 12.7 Å². The van der Waals surface area contributed by atoms with Gasteiger partial charge in [0.05, 0.1) is 19.0 Å². The largest absolute Gasteiger partial charge is 0.390 e. The minimum atomic E-state index is -0.616. The summed E-state index contributed by atoms with van der Waals surface area (Å²) in [6.07, 6.45) is 22.5. The first-order valence-corrected chi connectivity index (χ1v) is 16.0. The Morgan fingerprint density at radius 3 is 2.23 bits per heavy atom. The van der Waals surface area contributed by atoms with E-state index in [9.17, 15) is 9.90 Å². The van der Waals surface area contributed by atoms with E-state index in [1.54, 1.807) is 10.9 Å². The van der Waals surface area contributed by atoms with E-state index in [0.717, 1.165) is 32.1 Å². The number of anilines is 1. The molecule has 0 saturated carbocycles. The predicted octanol–water partition coefficient (Wildman–Crippen LogP) is 7.10. The molecule has 0 aliphatic carbocycles. The highest BCUT2D eigenvalue weighted by atomic mass is 16.6. The molecule has 226 valence electrons. The van der Waals surface area contributed by atoms with E-state index in [2.05, 4.69) is 34.1 Å². The first-order chi connectivity index (χ1) is 19.6. The van der Waals surface area contributed by atoms with Crippen LogP contribution in [0.25, 0.3) is 11.2 Å². The van der Waals surface area contributed by atoms with Gasteiger partial charge < -0.3 is 19.9 Å². The molecule has 1 saturated heterocycles. The molecular formula is C31H53N5O4. The molecule has 1 fully saturated rings. The quantitative estimate of drug-likeness (QED) is 0.148. The SMILES string of the molecule is CCCCCCCCCCCCCCCC(=O)Nc1ncnc2c1ncn2[C@H]1CC(O)[C@@H](COCCCCC)O1. The molecule has 1 aliphatic heterocycles. The van der Waals surface area contributed by atoms with Gasteiger partial charge in [-0.25, -0.2) is 15.0 Å². The van der Waals surface area contributed by atoms with Crippen molar-refractivity contribution in [2.24, 2.45) is 0 Å². The van der Waals surface area contributed by atoms with Crippen LogP contribution in [0.2, 0.25) is 0 Å². The van der Waals surface area contributed by atoms with E-state index < -0.39 is 12.3 Å². The molecule has 3 atom stereocenters. The van der Waals surface area contributed by atoms with Gasteiger partial charge in [-0.1, -0.05) is 104 Å². The number of nitrogens with zero attached hydrogens (tertiary/aromatic N) is 4. The standard InChI is InChI=1S/C31H53N5O4/c1-3-5-7-8-9-10-11-12-13-14-15-16-17-19-27(38)35-30-29-31(33-23-32-30)36(24-34-29)28-21-25(37)26(40-28)22-39-20-18-6-4-2/h23-26,28,37H,3-22H2,1-2H3,(H,32,33,35,38)/t25?,26-,28-/m1/s1. The Morgan fingerprint density at radius 1 is 0.925 bits per heavy atom. The van der Waals surface area contributed by atoms with Crippen LogP contribution in [0, 0.1) is 0 Å². The molecule has 3 rings (SSSR count). The minimum absolute atomic E-state index is 0.0505. The van der Waals surface area contributed by atoms with Crippen LogP contribution in [0.1, 0.15) is 136 Å². The third-order valence-electron chi connectivity index (χ3n) is 7.81. The van der Waals surface area contributed by atoms with E-state index in [-0.39, 0.29) is 12.0 Å². The lowest BCUT2D eigenvalue weighted by Gasteiger charge is -2.16. The summed E-state index contributed by atoms with van der Waals surface area (Å²) in [5, 5.41) is 13.4. The summed E-state index contributed by atoms with van der Waals surface area (Å²) in [4.78, 5) is 25.7. The number of hydrogen-bond acceptors (Lipinski definition) is 7. The number of nitrogens with one attached hydrogen (secondary N) is 1. The zero-order valence-corrected chi connectivity index (χ0v) is 25.0. The maximum atomic E-state index is 12.6. The van der Waals surface area contributed by atoms with Crippen LogP contribution in [0.4, 0.5) is 5.82 Å². The monoisotopic (exact) mass is 559 g/mol. The fraction of sp³-hybridized carbons (Fsp3) is 0.806. The number of unbranched alkanes of at least 4 members (excludes halogenated alkanes) is 14. The molecule has 0 aromatic carbocycles. The second-order valence-electron chi connectivity index (χ2n) is 11.3. The van der Waals surface area contributed by atoms with E-state index in [4.69, 9.17) is 9.47 Å². The van der Waals surface area contributed by atoms with Gasteiger partial charge >= 0.3 is 0 Å². The van der Waals surface area contributed by atoms with Gasteiger partial charge in [0.1, 0.15) is 18.7 Å². The van der Waals surface area contributed by atoms with Gasteiger partial charge in [-0.15, -0.1) is 0 Å². The summed E-state index contributed by atoms with van der Waals surface area (Å²) >= 11 is 0. The Hall–Kier alpha value is -2.10. The number of fused-ring (bicyclic) bond motifs is 1. The molecule has 9 heteroatoms. The van der Waals surface area contributed by atoms with Crippen molar-refractivity contribution in [3.63, 3.8) is 0 Å². The van der Waals surface area contributed by atoms with Crippen molar-refractivity contribution in [1.29, 1.82) is 0 Å². The number of carbonyl (C=O) groups excluding carboxylic acids is 1. The molecule has 1 unspecified atom stereocenters. The summed E-state index contributed by atoms with van der Waals surface area (Å²) in [7, 11) is 0. The number of aliphatic hydroxyl groups is 1. The fourth-order valence-corrected chi connectivity index (χ4v) is 5.34. The first kappa shape index (κ1) is 32.4. The fourth-order valence-electron chi connectivity index (χ4n) is 5.34. The molecule has 9 nitrogen and oxygen atoms in total. The zero-order chi connectivity index (χ0) is 28.4. The second kappa shape index (κ2) is 19.1. The lowest BCUT2D eigenvalue weighted by molar-refractivity contribution is -0.116. The molecule has 1 amide bonds. The van der Waals surface area contributed by atoms with Gasteiger partial charge in [-0.3, -0.25) is 9.36 Å². The Labute approximate surface area is 240 Å². The predicted molar refractivity (Wildman–Crippen MR) is 159 cm³/mol. The van der Waals surface area contributed by atoms with Gasteiger partial charge in [0.25, 0.3) is 0 Å². The number of hydrogen-bond donors (Lipinski definition) is 2. The minimum Gasteiger partial charge on any atom is -0.390 e. The summed E-state index contributed by atoms with van der Waals surface area (Å²) in [6, 6.07) is 0. The highest BCUT2D eigenvalue weighted by molar-refractivity contribution is 5.96. The van der Waals surface area contributed by atoms with Gasteiger partial charge in [0.2, 0.25) is 5.91 Å². The van der Waals surface area contributed by atoms with Gasteiger partial charge in [-0.05, 0) is 12.8 Å². The van der Waals surface area contributed by atoms with E-state index in [0.29, 0.717) is 43.0 Å². The number of imidazole rings is 1. The van der Waals surface area contributed by atoms with Crippen molar-refractivity contribution >= 4 is 22.9 Å². The Bertz CT molecular complexity index is 968. The summed E-state index contributed by atoms with van der Waals surface area (Å²) in [5.41, 5.74) is 1.10. The number of ether oxygens (including phenoxy) is 2. The summed E-state index contributed by atoms with van der Waals surface area (Å²) in [6.45, 7) is 5.46. The number of amides is 1. The molecule has 2 N–H and O–H groups in total. The normalized spacial score (nSPS) is 19.0. The van der Waals surface area contributed by atoms with Crippen molar-refractivity contribution in [2.75, 3.05) is 18.5 Å². The molecule has 0 spiro atoms. The third-order valence-corrected chi connectivity index (χ3v) is 7.81. The molecule has 0 radical (unpaired) electrons. The van der Waals surface area contributed by atoms with Crippen LogP contribution < -0.4 is 5.32 Å². The van der Waals surface area contributed by atoms with Crippen LogP contribution in [-0.4, -0.2) is 56.0 Å². The smallest absolute Gasteiger partial charge is 0.225 e. The van der Waals surface area contributed by atoms with Crippen molar-refractivity contribution < 1.29 is 19.4 Å². The molecule has 2 aromatic rings. The Balaban J connectivity index is 1.33. The first-order valence-electron chi connectivity index (χ1n) is 16.0. The number of rotatable bonds is 22. The maximum absolute atomic E-state index is 12.6. The Morgan fingerprint density at radius 2 is 1.55 bits per heavy atom. The Kier molecular flexibility index (Phi) is 15.5. The second-order valence-corrected chi connectivity index (χ2v) is 11.3. The number of aliphatic hydroxyl groups excluding tert-OH is 1. The highest BCUT2D eigenvalue weighted by Crippen LogP contribution is 2.32.